The number of amides is 2. The second-order valence-corrected chi connectivity index (χ2v) is 3.64. The molecule has 0 saturated heterocycles. The number of benzene rings is 1. The summed E-state index contributed by atoms with van der Waals surface area (Å²) in [6.45, 7) is 1.53. The lowest BCUT2D eigenvalue weighted by Crippen LogP contribution is -2.42. The summed E-state index contributed by atoms with van der Waals surface area (Å²) in [7, 11) is 0. The van der Waals surface area contributed by atoms with Gasteiger partial charge in [-0.1, -0.05) is 6.92 Å². The molecule has 1 aromatic rings. The van der Waals surface area contributed by atoms with Crippen LogP contribution in [-0.4, -0.2) is 23.1 Å². The highest BCUT2D eigenvalue weighted by atomic mass is 19.2. The maximum Gasteiger partial charge on any atom is 0.326 e. The van der Waals surface area contributed by atoms with Gasteiger partial charge < -0.3 is 15.7 Å². The highest BCUT2D eigenvalue weighted by Crippen LogP contribution is 2.18. The van der Waals surface area contributed by atoms with Crippen LogP contribution >= 0.6 is 0 Å². The minimum atomic E-state index is -1.39. The molecule has 19 heavy (non-hydrogen) atoms. The summed E-state index contributed by atoms with van der Waals surface area (Å²) in [5, 5.41) is 12.6. The second-order valence-electron chi connectivity index (χ2n) is 3.64. The van der Waals surface area contributed by atoms with Crippen molar-refractivity contribution in [3.63, 3.8) is 0 Å². The van der Waals surface area contributed by atoms with Crippen molar-refractivity contribution in [3.8, 4) is 0 Å². The topological polar surface area (TPSA) is 78.4 Å². The maximum absolute atomic E-state index is 13.2. The fourth-order valence-corrected chi connectivity index (χ4v) is 1.27. The summed E-state index contributed by atoms with van der Waals surface area (Å²) in [5.74, 6) is -5.15. The predicted octanol–water partition coefficient (Wildman–Crippen LogP) is 2.09. The Bertz CT molecular complexity index is 508. The number of carboxylic acids is 1. The fourth-order valence-electron chi connectivity index (χ4n) is 1.27. The van der Waals surface area contributed by atoms with Gasteiger partial charge in [-0.2, -0.15) is 0 Å². The molecule has 1 atom stereocenters. The van der Waals surface area contributed by atoms with Crippen LogP contribution in [0.1, 0.15) is 13.3 Å². The zero-order chi connectivity index (χ0) is 14.6. The molecule has 2 amide bonds. The lowest BCUT2D eigenvalue weighted by molar-refractivity contribution is -0.139. The molecule has 0 spiro atoms. The van der Waals surface area contributed by atoms with Gasteiger partial charge in [0.05, 0.1) is 5.69 Å². The van der Waals surface area contributed by atoms with E-state index in [4.69, 9.17) is 5.11 Å². The molecule has 8 heteroatoms. The van der Waals surface area contributed by atoms with Crippen molar-refractivity contribution >= 4 is 17.7 Å². The van der Waals surface area contributed by atoms with Gasteiger partial charge >= 0.3 is 12.0 Å². The molecule has 0 saturated carbocycles. The summed E-state index contributed by atoms with van der Waals surface area (Å²) in [5.41, 5.74) is -0.586. The first-order valence-corrected chi connectivity index (χ1v) is 5.30. The normalized spacial score (nSPS) is 11.8. The Morgan fingerprint density at radius 1 is 1.21 bits per heavy atom. The van der Waals surface area contributed by atoms with Crippen molar-refractivity contribution < 1.29 is 27.9 Å². The molecule has 0 aliphatic rings. The first-order valence-electron chi connectivity index (χ1n) is 5.30. The van der Waals surface area contributed by atoms with Gasteiger partial charge in [0.25, 0.3) is 0 Å². The molecule has 0 unspecified atom stereocenters. The van der Waals surface area contributed by atoms with E-state index in [1.165, 1.54) is 6.92 Å². The van der Waals surface area contributed by atoms with Crippen molar-refractivity contribution in [1.82, 2.24) is 5.32 Å². The van der Waals surface area contributed by atoms with Gasteiger partial charge in [0, 0.05) is 12.1 Å². The Hall–Kier alpha value is -2.25. The van der Waals surface area contributed by atoms with E-state index >= 15 is 0 Å². The minimum absolute atomic E-state index is 0.114. The summed E-state index contributed by atoms with van der Waals surface area (Å²) in [4.78, 5) is 22.0. The number of rotatable bonds is 4. The van der Waals surface area contributed by atoms with E-state index in [9.17, 15) is 22.8 Å². The molecular weight excluding hydrogens is 265 g/mol. The standard InChI is InChI=1S/C11H11F3N2O3/c1-2-8(10(17)18)15-11(19)16-9-4-6(13)5(12)3-7(9)14/h3-4,8H,2H2,1H3,(H,17,18)(H2,15,16,19)/t8-/m0/s1. The fraction of sp³-hybridized carbons (Fsp3) is 0.273. The van der Waals surface area contributed by atoms with E-state index in [0.717, 1.165) is 0 Å². The third-order valence-electron chi connectivity index (χ3n) is 2.27. The molecule has 5 nitrogen and oxygen atoms in total. The molecule has 0 bridgehead atoms. The highest BCUT2D eigenvalue weighted by molar-refractivity contribution is 5.92. The Balaban J connectivity index is 2.77. The number of aliphatic carboxylic acids is 1. The van der Waals surface area contributed by atoms with E-state index in [1.807, 2.05) is 10.6 Å². The van der Waals surface area contributed by atoms with E-state index in [-0.39, 0.29) is 12.5 Å². The van der Waals surface area contributed by atoms with Crippen LogP contribution in [-0.2, 0) is 4.79 Å². The predicted molar refractivity (Wildman–Crippen MR) is 60.2 cm³/mol. The summed E-state index contributed by atoms with van der Waals surface area (Å²) < 4.78 is 38.7. The minimum Gasteiger partial charge on any atom is -0.480 e. The van der Waals surface area contributed by atoms with E-state index in [0.29, 0.717) is 6.07 Å². The number of anilines is 1. The maximum atomic E-state index is 13.2. The summed E-state index contributed by atoms with van der Waals surface area (Å²) in [6.07, 6.45) is 0.114. The zero-order valence-corrected chi connectivity index (χ0v) is 9.84. The molecule has 0 aliphatic heterocycles. The Morgan fingerprint density at radius 3 is 2.32 bits per heavy atom. The van der Waals surface area contributed by atoms with E-state index in [2.05, 4.69) is 0 Å². The average Bonchev–Trinajstić information content (AvgIpc) is 2.32. The van der Waals surface area contributed by atoms with Gasteiger partial charge in [-0.3, -0.25) is 0 Å². The molecular formula is C11H11F3N2O3. The number of hydrogen-bond donors (Lipinski definition) is 3. The monoisotopic (exact) mass is 276 g/mol. The highest BCUT2D eigenvalue weighted by Gasteiger charge is 2.19. The third-order valence-corrected chi connectivity index (χ3v) is 2.27. The summed E-state index contributed by atoms with van der Waals surface area (Å²) >= 11 is 0. The number of nitrogens with one attached hydrogen (secondary N) is 2. The van der Waals surface area contributed by atoms with Crippen molar-refractivity contribution in [2.24, 2.45) is 0 Å². The molecule has 0 aromatic heterocycles. The molecule has 0 aliphatic carbocycles. The molecule has 0 radical (unpaired) electrons. The van der Waals surface area contributed by atoms with Crippen LogP contribution in [0.25, 0.3) is 0 Å². The number of carbonyl (C=O) groups is 2. The first-order chi connectivity index (χ1) is 8.85. The average molecular weight is 276 g/mol. The summed E-state index contributed by atoms with van der Waals surface area (Å²) in [6, 6.07) is -1.45. The first kappa shape index (κ1) is 14.8. The molecule has 1 rings (SSSR count). The van der Waals surface area contributed by atoms with Crippen LogP contribution in [0.2, 0.25) is 0 Å². The van der Waals surface area contributed by atoms with Crippen LogP contribution in [0.15, 0.2) is 12.1 Å². The van der Waals surface area contributed by atoms with Gasteiger partial charge in [0.2, 0.25) is 0 Å². The van der Waals surface area contributed by atoms with Crippen LogP contribution in [0, 0.1) is 17.5 Å². The molecule has 0 fully saturated rings. The van der Waals surface area contributed by atoms with Crippen molar-refractivity contribution in [3.05, 3.63) is 29.6 Å². The number of urea groups is 1. The van der Waals surface area contributed by atoms with Gasteiger partial charge in [0.1, 0.15) is 11.9 Å². The van der Waals surface area contributed by atoms with Crippen molar-refractivity contribution in [2.75, 3.05) is 5.32 Å². The van der Waals surface area contributed by atoms with Crippen LogP contribution in [0.4, 0.5) is 23.7 Å². The van der Waals surface area contributed by atoms with Gasteiger partial charge in [0.15, 0.2) is 11.6 Å². The number of carboxylic acid groups (broad SMARTS) is 1. The number of halogens is 3. The zero-order valence-electron chi connectivity index (χ0n) is 9.84. The largest absolute Gasteiger partial charge is 0.480 e. The number of carbonyl (C=O) groups excluding carboxylic acids is 1. The Labute approximate surface area is 106 Å². The lowest BCUT2D eigenvalue weighted by atomic mass is 10.2. The van der Waals surface area contributed by atoms with E-state index < -0.39 is 41.2 Å². The van der Waals surface area contributed by atoms with Crippen molar-refractivity contribution in [1.29, 1.82) is 0 Å². The Kier molecular flexibility index (Phi) is 4.74. The van der Waals surface area contributed by atoms with Gasteiger partial charge in [-0.15, -0.1) is 0 Å². The third kappa shape index (κ3) is 3.87. The molecule has 3 N–H and O–H groups in total. The molecule has 104 valence electrons. The van der Waals surface area contributed by atoms with E-state index in [1.54, 1.807) is 0 Å². The lowest BCUT2D eigenvalue weighted by Gasteiger charge is -2.13. The van der Waals surface area contributed by atoms with Crippen LogP contribution < -0.4 is 10.6 Å². The smallest absolute Gasteiger partial charge is 0.326 e. The van der Waals surface area contributed by atoms with Gasteiger partial charge in [-0.05, 0) is 6.42 Å². The second kappa shape index (κ2) is 6.07. The number of hydrogen-bond acceptors (Lipinski definition) is 2. The molecule has 0 heterocycles. The van der Waals surface area contributed by atoms with Crippen LogP contribution in [0.5, 0.6) is 0 Å². The molecule has 1 aromatic carbocycles. The van der Waals surface area contributed by atoms with Gasteiger partial charge in [-0.25, -0.2) is 22.8 Å². The Morgan fingerprint density at radius 2 is 1.79 bits per heavy atom. The van der Waals surface area contributed by atoms with Crippen LogP contribution in [0.3, 0.4) is 0 Å². The quantitative estimate of drug-likeness (QED) is 0.737. The van der Waals surface area contributed by atoms with Crippen molar-refractivity contribution in [2.45, 2.75) is 19.4 Å². The SMILES string of the molecule is CC[C@H](NC(=O)Nc1cc(F)c(F)cc1F)C(=O)O.